The molecule has 1 unspecified atom stereocenters. The molecule has 0 aliphatic heterocycles. The summed E-state index contributed by atoms with van der Waals surface area (Å²) in [5.41, 5.74) is 3.16. The number of aliphatic carboxylic acids is 1. The number of thioether (sulfide) groups is 1. The third-order valence-corrected chi connectivity index (χ3v) is 7.07. The minimum Gasteiger partial charge on any atom is -0.480 e. The second-order valence-electron chi connectivity index (χ2n) is 7.38. The zero-order chi connectivity index (χ0) is 23.4. The van der Waals surface area contributed by atoms with Gasteiger partial charge in [-0.1, -0.05) is 70.9 Å². The lowest BCUT2D eigenvalue weighted by Crippen LogP contribution is -2.27. The second kappa shape index (κ2) is 10.4. The number of carbonyl (C=O) groups is 1. The molecule has 0 spiro atoms. The summed E-state index contributed by atoms with van der Waals surface area (Å²) in [5, 5.41) is 18.2. The molecule has 1 atom stereocenters. The highest BCUT2D eigenvalue weighted by molar-refractivity contribution is 7.99. The lowest BCUT2D eigenvalue weighted by atomic mass is 10.0. The Balaban J connectivity index is 1.41. The van der Waals surface area contributed by atoms with Gasteiger partial charge in [-0.3, -0.25) is 9.59 Å². The maximum Gasteiger partial charge on any atom is 0.316 e. The molecule has 4 aromatic rings. The average molecular weight is 500 g/mol. The summed E-state index contributed by atoms with van der Waals surface area (Å²) in [4.78, 5) is 24.5. The molecule has 1 N–H and O–H groups in total. The van der Waals surface area contributed by atoms with E-state index in [0.29, 0.717) is 21.3 Å². The number of fused-ring (bicyclic) bond motifs is 1. The third kappa shape index (κ3) is 5.55. The Morgan fingerprint density at radius 3 is 2.33 bits per heavy atom. The maximum atomic E-state index is 12.7. The second-order valence-corrected chi connectivity index (χ2v) is 9.42. The molecule has 6 nitrogen and oxygen atoms in total. The van der Waals surface area contributed by atoms with Gasteiger partial charge in [0.05, 0.1) is 10.4 Å². The normalized spacial score (nSPS) is 12.1. The summed E-state index contributed by atoms with van der Waals surface area (Å²) in [6, 6.07) is 20.5. The van der Waals surface area contributed by atoms with Crippen LogP contribution in [0, 0.1) is 0 Å². The van der Waals surface area contributed by atoms with Gasteiger partial charge in [-0.2, -0.15) is 0 Å². The van der Waals surface area contributed by atoms with E-state index >= 15 is 0 Å². The van der Waals surface area contributed by atoms with Gasteiger partial charge < -0.3 is 5.11 Å². The fourth-order valence-electron chi connectivity index (χ4n) is 3.38. The minimum absolute atomic E-state index is 0.131. The van der Waals surface area contributed by atoms with Gasteiger partial charge in [0, 0.05) is 17.3 Å². The van der Waals surface area contributed by atoms with Crippen LogP contribution in [0.4, 0.5) is 0 Å². The van der Waals surface area contributed by atoms with Crippen LogP contribution in [0.5, 0.6) is 0 Å². The summed E-state index contributed by atoms with van der Waals surface area (Å²) < 4.78 is 1.17. The molecule has 0 aliphatic carbocycles. The van der Waals surface area contributed by atoms with Gasteiger partial charge in [0.2, 0.25) is 0 Å². The van der Waals surface area contributed by atoms with Crippen LogP contribution in [0.2, 0.25) is 10.0 Å². The summed E-state index contributed by atoms with van der Waals surface area (Å²) in [6.45, 7) is 0.131. The number of nitrogens with zero attached hydrogens (tertiary/aromatic N) is 3. The van der Waals surface area contributed by atoms with Gasteiger partial charge in [-0.15, -0.1) is 16.9 Å². The van der Waals surface area contributed by atoms with Crippen molar-refractivity contribution in [3.63, 3.8) is 0 Å². The quantitative estimate of drug-likeness (QED) is 0.342. The van der Waals surface area contributed by atoms with E-state index in [1.54, 1.807) is 18.2 Å². The van der Waals surface area contributed by atoms with E-state index in [-0.39, 0.29) is 23.9 Å². The Morgan fingerprint density at radius 1 is 1.00 bits per heavy atom. The molecule has 1 heterocycles. The number of halogens is 2. The zero-order valence-corrected chi connectivity index (χ0v) is 19.6. The lowest BCUT2D eigenvalue weighted by molar-refractivity contribution is -0.136. The maximum absolute atomic E-state index is 12.7. The largest absolute Gasteiger partial charge is 0.480 e. The van der Waals surface area contributed by atoms with Crippen LogP contribution in [-0.2, 0) is 17.1 Å². The van der Waals surface area contributed by atoms with Crippen molar-refractivity contribution < 1.29 is 9.90 Å². The molecule has 168 valence electrons. The van der Waals surface area contributed by atoms with Crippen molar-refractivity contribution in [2.75, 3.05) is 0 Å². The lowest BCUT2D eigenvalue weighted by Gasteiger charge is -2.13. The highest BCUT2D eigenvalue weighted by Crippen LogP contribution is 2.25. The standard InChI is InChI=1S/C24H19Cl2N3O3S/c25-18-10-8-17(9-11-18)16-6-4-15(5-7-16)14-33-21(24(31)32)12-13-29-23(30)22-19(26)2-1-3-20(22)27-28-29/h1-11,21H,12-14H2,(H,31,32). The van der Waals surface area contributed by atoms with Crippen molar-refractivity contribution in [2.45, 2.75) is 24.0 Å². The molecule has 0 bridgehead atoms. The van der Waals surface area contributed by atoms with E-state index < -0.39 is 11.2 Å². The first-order valence-electron chi connectivity index (χ1n) is 10.1. The van der Waals surface area contributed by atoms with Crippen molar-refractivity contribution in [3.05, 3.63) is 92.7 Å². The minimum atomic E-state index is -0.933. The van der Waals surface area contributed by atoms with Crippen LogP contribution in [0.1, 0.15) is 12.0 Å². The molecule has 33 heavy (non-hydrogen) atoms. The van der Waals surface area contributed by atoms with Crippen LogP contribution in [0.3, 0.4) is 0 Å². The van der Waals surface area contributed by atoms with Gasteiger partial charge in [-0.25, -0.2) is 4.68 Å². The molecule has 0 saturated heterocycles. The molecule has 0 saturated carbocycles. The predicted octanol–water partition coefficient (Wildman–Crippen LogP) is 5.54. The first kappa shape index (κ1) is 23.3. The number of aromatic nitrogens is 3. The van der Waals surface area contributed by atoms with Crippen LogP contribution in [0.15, 0.2) is 71.5 Å². The van der Waals surface area contributed by atoms with Crippen molar-refractivity contribution in [1.82, 2.24) is 15.0 Å². The number of rotatable bonds is 8. The van der Waals surface area contributed by atoms with Gasteiger partial charge in [0.1, 0.15) is 10.8 Å². The topological polar surface area (TPSA) is 85.1 Å². The number of aryl methyl sites for hydroxylation is 1. The molecular weight excluding hydrogens is 481 g/mol. The van der Waals surface area contributed by atoms with E-state index in [4.69, 9.17) is 23.2 Å². The van der Waals surface area contributed by atoms with Crippen LogP contribution >= 0.6 is 35.0 Å². The Labute approximate surface area is 204 Å². The molecule has 9 heteroatoms. The average Bonchev–Trinajstić information content (AvgIpc) is 2.81. The number of benzene rings is 3. The van der Waals surface area contributed by atoms with Crippen LogP contribution < -0.4 is 5.56 Å². The van der Waals surface area contributed by atoms with E-state index in [1.165, 1.54) is 16.4 Å². The Hall–Kier alpha value is -2.87. The molecular formula is C24H19Cl2N3O3S. The molecule has 1 aromatic heterocycles. The number of hydrogen-bond acceptors (Lipinski definition) is 5. The molecule has 4 rings (SSSR count). The van der Waals surface area contributed by atoms with Crippen LogP contribution in [-0.4, -0.2) is 31.3 Å². The Morgan fingerprint density at radius 2 is 1.67 bits per heavy atom. The highest BCUT2D eigenvalue weighted by atomic mass is 35.5. The van der Waals surface area contributed by atoms with E-state index in [9.17, 15) is 14.7 Å². The van der Waals surface area contributed by atoms with Gasteiger partial charge >= 0.3 is 5.97 Å². The molecule has 0 radical (unpaired) electrons. The first-order chi connectivity index (χ1) is 15.9. The molecule has 3 aromatic carbocycles. The number of carboxylic acids is 1. The van der Waals surface area contributed by atoms with E-state index in [1.807, 2.05) is 48.5 Å². The fraction of sp³-hybridized carbons (Fsp3) is 0.167. The summed E-state index contributed by atoms with van der Waals surface area (Å²) in [5.74, 6) is -0.403. The van der Waals surface area contributed by atoms with Gasteiger partial charge in [0.15, 0.2) is 0 Å². The summed E-state index contributed by atoms with van der Waals surface area (Å²) >= 11 is 13.4. The van der Waals surface area contributed by atoms with Gasteiger partial charge in [-0.05, 0) is 47.4 Å². The fourth-order valence-corrected chi connectivity index (χ4v) is 4.75. The zero-order valence-electron chi connectivity index (χ0n) is 17.3. The van der Waals surface area contributed by atoms with E-state index in [2.05, 4.69) is 10.3 Å². The molecule has 0 amide bonds. The third-order valence-electron chi connectivity index (χ3n) is 5.16. The van der Waals surface area contributed by atoms with E-state index in [0.717, 1.165) is 16.7 Å². The number of carboxylic acid groups (broad SMARTS) is 1. The molecule has 0 fully saturated rings. The smallest absolute Gasteiger partial charge is 0.316 e. The van der Waals surface area contributed by atoms with Crippen molar-refractivity contribution in [1.29, 1.82) is 0 Å². The first-order valence-corrected chi connectivity index (χ1v) is 11.9. The van der Waals surface area contributed by atoms with Crippen molar-refractivity contribution in [3.8, 4) is 11.1 Å². The van der Waals surface area contributed by atoms with Crippen molar-refractivity contribution in [2.24, 2.45) is 0 Å². The predicted molar refractivity (Wildman–Crippen MR) is 133 cm³/mol. The van der Waals surface area contributed by atoms with Crippen LogP contribution in [0.25, 0.3) is 22.0 Å². The van der Waals surface area contributed by atoms with Gasteiger partial charge in [0.25, 0.3) is 5.56 Å². The Kier molecular flexibility index (Phi) is 7.33. The monoisotopic (exact) mass is 499 g/mol. The summed E-state index contributed by atoms with van der Waals surface area (Å²) in [6.07, 6.45) is 0.230. The molecule has 0 aliphatic rings. The Bertz CT molecular complexity index is 1340. The SMILES string of the molecule is O=C(O)C(CCn1nnc2cccc(Cl)c2c1=O)SCc1ccc(-c2ccc(Cl)cc2)cc1. The number of hydrogen-bond donors (Lipinski definition) is 1. The highest BCUT2D eigenvalue weighted by Gasteiger charge is 2.19. The van der Waals surface area contributed by atoms with Crippen molar-refractivity contribution >= 4 is 51.8 Å². The summed E-state index contributed by atoms with van der Waals surface area (Å²) in [7, 11) is 0.